The van der Waals surface area contributed by atoms with Crippen LogP contribution >= 0.6 is 11.3 Å². The minimum absolute atomic E-state index is 0.0645. The summed E-state index contributed by atoms with van der Waals surface area (Å²) in [5.41, 5.74) is 1.11. The SMILES string of the molecule is OC1CCC2CN(Cc3nc4ccccc4s3)CC12. The van der Waals surface area contributed by atoms with Crippen molar-refractivity contribution >= 4 is 21.6 Å². The first-order valence-electron chi connectivity index (χ1n) is 7.04. The second-order valence-corrected chi connectivity index (χ2v) is 6.95. The quantitative estimate of drug-likeness (QED) is 0.914. The van der Waals surface area contributed by atoms with E-state index in [1.807, 2.05) is 6.07 Å². The maximum absolute atomic E-state index is 9.96. The average molecular weight is 274 g/mol. The summed E-state index contributed by atoms with van der Waals surface area (Å²) in [6, 6.07) is 8.33. The molecule has 3 atom stereocenters. The molecule has 0 bridgehead atoms. The van der Waals surface area contributed by atoms with Gasteiger partial charge in [-0.25, -0.2) is 4.98 Å². The molecule has 2 heterocycles. The van der Waals surface area contributed by atoms with E-state index in [-0.39, 0.29) is 6.10 Å². The van der Waals surface area contributed by atoms with Crippen molar-refractivity contribution in [1.82, 2.24) is 9.88 Å². The van der Waals surface area contributed by atoms with Crippen molar-refractivity contribution in [2.75, 3.05) is 13.1 Å². The van der Waals surface area contributed by atoms with Gasteiger partial charge in [0.05, 0.1) is 22.9 Å². The highest BCUT2D eigenvalue weighted by molar-refractivity contribution is 7.18. The number of aliphatic hydroxyl groups is 1. The normalized spacial score (nSPS) is 31.1. The molecule has 2 fully saturated rings. The fourth-order valence-corrected chi connectivity index (χ4v) is 4.65. The lowest BCUT2D eigenvalue weighted by atomic mass is 10.00. The van der Waals surface area contributed by atoms with E-state index in [0.717, 1.165) is 31.6 Å². The Hall–Kier alpha value is -0.970. The smallest absolute Gasteiger partial charge is 0.108 e. The molecule has 2 aliphatic rings. The van der Waals surface area contributed by atoms with Crippen LogP contribution in [-0.2, 0) is 6.54 Å². The molecule has 0 amide bonds. The maximum Gasteiger partial charge on any atom is 0.108 e. The van der Waals surface area contributed by atoms with Gasteiger partial charge in [-0.05, 0) is 30.9 Å². The van der Waals surface area contributed by atoms with Crippen molar-refractivity contribution in [3.8, 4) is 0 Å². The molecule has 0 spiro atoms. The number of fused-ring (bicyclic) bond motifs is 2. The Morgan fingerprint density at radius 2 is 2.16 bits per heavy atom. The third kappa shape index (κ3) is 2.08. The lowest BCUT2D eigenvalue weighted by molar-refractivity contribution is 0.123. The van der Waals surface area contributed by atoms with E-state index in [1.165, 1.54) is 16.1 Å². The van der Waals surface area contributed by atoms with Crippen molar-refractivity contribution in [1.29, 1.82) is 0 Å². The molecule has 1 aliphatic heterocycles. The zero-order valence-corrected chi connectivity index (χ0v) is 11.6. The lowest BCUT2D eigenvalue weighted by Gasteiger charge is -2.16. The van der Waals surface area contributed by atoms with Crippen LogP contribution in [-0.4, -0.2) is 34.2 Å². The standard InChI is InChI=1S/C15H18N2OS/c18-13-6-5-10-7-17(8-11(10)13)9-15-16-12-3-1-2-4-14(12)19-15/h1-4,10-11,13,18H,5-9H2. The number of benzene rings is 1. The largest absolute Gasteiger partial charge is 0.393 e. The number of rotatable bonds is 2. The first-order chi connectivity index (χ1) is 9.29. The number of aliphatic hydroxyl groups excluding tert-OH is 1. The number of hydrogen-bond donors (Lipinski definition) is 1. The summed E-state index contributed by atoms with van der Waals surface area (Å²) in [6.07, 6.45) is 2.14. The molecule has 0 radical (unpaired) electrons. The van der Waals surface area contributed by atoms with E-state index in [0.29, 0.717) is 11.8 Å². The van der Waals surface area contributed by atoms with Gasteiger partial charge in [-0.15, -0.1) is 11.3 Å². The van der Waals surface area contributed by atoms with Crippen LogP contribution in [0.2, 0.25) is 0 Å². The number of likely N-dealkylation sites (tertiary alicyclic amines) is 1. The van der Waals surface area contributed by atoms with Crippen LogP contribution in [0, 0.1) is 11.8 Å². The molecule has 19 heavy (non-hydrogen) atoms. The molecule has 100 valence electrons. The monoisotopic (exact) mass is 274 g/mol. The summed E-state index contributed by atoms with van der Waals surface area (Å²) in [6.45, 7) is 3.12. The predicted octanol–water partition coefficient (Wildman–Crippen LogP) is 2.50. The summed E-state index contributed by atoms with van der Waals surface area (Å²) in [5.74, 6) is 1.22. The molecule has 1 saturated heterocycles. The van der Waals surface area contributed by atoms with Gasteiger partial charge in [0.1, 0.15) is 5.01 Å². The highest BCUT2D eigenvalue weighted by Gasteiger charge is 2.41. The van der Waals surface area contributed by atoms with E-state index in [2.05, 4.69) is 23.1 Å². The molecule has 1 N–H and O–H groups in total. The van der Waals surface area contributed by atoms with Crippen LogP contribution in [0.5, 0.6) is 0 Å². The Morgan fingerprint density at radius 3 is 3.00 bits per heavy atom. The Kier molecular flexibility index (Phi) is 2.83. The summed E-state index contributed by atoms with van der Waals surface area (Å²) in [4.78, 5) is 7.17. The molecule has 1 saturated carbocycles. The molecular formula is C15H18N2OS. The van der Waals surface area contributed by atoms with E-state index in [9.17, 15) is 5.11 Å². The van der Waals surface area contributed by atoms with Gasteiger partial charge in [0.15, 0.2) is 0 Å². The Labute approximate surface area is 116 Å². The van der Waals surface area contributed by atoms with E-state index < -0.39 is 0 Å². The molecule has 1 aromatic heterocycles. The molecule has 1 aromatic carbocycles. The number of para-hydroxylation sites is 1. The molecular weight excluding hydrogens is 256 g/mol. The third-order valence-corrected chi connectivity index (χ3v) is 5.61. The van der Waals surface area contributed by atoms with Crippen LogP contribution in [0.15, 0.2) is 24.3 Å². The maximum atomic E-state index is 9.96. The Bertz CT molecular complexity index is 564. The zero-order valence-electron chi connectivity index (χ0n) is 10.8. The minimum atomic E-state index is -0.0645. The van der Waals surface area contributed by atoms with Gasteiger partial charge >= 0.3 is 0 Å². The zero-order chi connectivity index (χ0) is 12.8. The molecule has 2 aromatic rings. The Balaban J connectivity index is 1.50. The summed E-state index contributed by atoms with van der Waals surface area (Å²) in [7, 11) is 0. The fraction of sp³-hybridized carbons (Fsp3) is 0.533. The van der Waals surface area contributed by atoms with E-state index in [4.69, 9.17) is 4.98 Å². The Morgan fingerprint density at radius 1 is 1.26 bits per heavy atom. The van der Waals surface area contributed by atoms with Gasteiger partial charge in [-0.3, -0.25) is 4.90 Å². The highest BCUT2D eigenvalue weighted by Crippen LogP contribution is 2.38. The van der Waals surface area contributed by atoms with Gasteiger partial charge in [-0.1, -0.05) is 12.1 Å². The fourth-order valence-electron chi connectivity index (χ4n) is 3.64. The van der Waals surface area contributed by atoms with Crippen molar-refractivity contribution in [3.63, 3.8) is 0 Å². The van der Waals surface area contributed by atoms with Crippen molar-refractivity contribution in [2.24, 2.45) is 11.8 Å². The lowest BCUT2D eigenvalue weighted by Crippen LogP contribution is -2.24. The third-order valence-electron chi connectivity index (χ3n) is 4.59. The number of nitrogens with zero attached hydrogens (tertiary/aromatic N) is 2. The average Bonchev–Trinajstić information content (AvgIpc) is 3.06. The number of hydrogen-bond acceptors (Lipinski definition) is 4. The molecule has 4 rings (SSSR count). The van der Waals surface area contributed by atoms with Gasteiger partial charge in [0.25, 0.3) is 0 Å². The van der Waals surface area contributed by atoms with Crippen LogP contribution in [0.3, 0.4) is 0 Å². The van der Waals surface area contributed by atoms with Gasteiger partial charge in [0.2, 0.25) is 0 Å². The summed E-state index contributed by atoms with van der Waals surface area (Å²) >= 11 is 1.80. The minimum Gasteiger partial charge on any atom is -0.393 e. The molecule has 1 aliphatic carbocycles. The van der Waals surface area contributed by atoms with E-state index in [1.54, 1.807) is 11.3 Å². The van der Waals surface area contributed by atoms with Crippen molar-refractivity contribution in [3.05, 3.63) is 29.3 Å². The summed E-state index contributed by atoms with van der Waals surface area (Å²) < 4.78 is 1.27. The van der Waals surface area contributed by atoms with Gasteiger partial charge < -0.3 is 5.11 Å². The van der Waals surface area contributed by atoms with Crippen LogP contribution in [0.1, 0.15) is 17.8 Å². The van der Waals surface area contributed by atoms with Crippen LogP contribution in [0.4, 0.5) is 0 Å². The first kappa shape index (κ1) is 11.8. The van der Waals surface area contributed by atoms with Crippen molar-refractivity contribution in [2.45, 2.75) is 25.5 Å². The molecule has 3 nitrogen and oxygen atoms in total. The van der Waals surface area contributed by atoms with E-state index >= 15 is 0 Å². The van der Waals surface area contributed by atoms with Crippen LogP contribution < -0.4 is 0 Å². The topological polar surface area (TPSA) is 36.4 Å². The predicted molar refractivity (Wildman–Crippen MR) is 77.1 cm³/mol. The summed E-state index contributed by atoms with van der Waals surface area (Å²) in [5, 5.41) is 11.2. The second-order valence-electron chi connectivity index (χ2n) is 5.84. The molecule has 4 heteroatoms. The van der Waals surface area contributed by atoms with Crippen LogP contribution in [0.25, 0.3) is 10.2 Å². The second kappa shape index (κ2) is 4.54. The van der Waals surface area contributed by atoms with Gasteiger partial charge in [-0.2, -0.15) is 0 Å². The number of aromatic nitrogens is 1. The number of thiazole rings is 1. The highest BCUT2D eigenvalue weighted by atomic mass is 32.1. The first-order valence-corrected chi connectivity index (χ1v) is 7.86. The van der Waals surface area contributed by atoms with Gasteiger partial charge in [0, 0.05) is 19.0 Å². The molecule has 3 unspecified atom stereocenters. The van der Waals surface area contributed by atoms with Crippen molar-refractivity contribution < 1.29 is 5.11 Å².